The van der Waals surface area contributed by atoms with Crippen molar-refractivity contribution in [3.63, 3.8) is 0 Å². The molecule has 5 nitrogen and oxygen atoms in total. The van der Waals surface area contributed by atoms with Gasteiger partial charge in [0.15, 0.2) is 0 Å². The molecule has 0 aliphatic heterocycles. The van der Waals surface area contributed by atoms with Crippen LogP contribution in [-0.4, -0.2) is 20.7 Å². The van der Waals surface area contributed by atoms with Gasteiger partial charge in [-0.3, -0.25) is 10.1 Å². The first-order valence-corrected chi connectivity index (χ1v) is 9.57. The maximum absolute atomic E-state index is 13.0. The number of nitrogens with zero attached hydrogens (tertiary/aromatic N) is 3. The van der Waals surface area contributed by atoms with E-state index in [1.54, 1.807) is 0 Å². The van der Waals surface area contributed by atoms with Gasteiger partial charge in [-0.2, -0.15) is 0 Å². The zero-order valence-corrected chi connectivity index (χ0v) is 16.0. The molecule has 1 amide bonds. The fourth-order valence-electron chi connectivity index (χ4n) is 2.99. The molecule has 2 aromatic heterocycles. The highest BCUT2D eigenvalue weighted by molar-refractivity contribution is 7.15. The van der Waals surface area contributed by atoms with E-state index in [4.69, 9.17) is 0 Å². The summed E-state index contributed by atoms with van der Waals surface area (Å²) in [7, 11) is 0. The van der Waals surface area contributed by atoms with Crippen molar-refractivity contribution < 1.29 is 4.79 Å². The van der Waals surface area contributed by atoms with E-state index in [0.29, 0.717) is 11.0 Å². The molecule has 0 spiro atoms. The van der Waals surface area contributed by atoms with Gasteiger partial charge in [0.1, 0.15) is 10.7 Å². The fourth-order valence-corrected chi connectivity index (χ4v) is 3.73. The standard InChI is InChI=1S/C19H24N4OS/c1-5-6-11-23-15-10-8-7-9-14(15)13(4)16(23)17(24)20-19-22-21-18(25-19)12(2)3/h7-10,12H,5-6,11H2,1-4H3,(H,20,22,24). The molecule has 0 atom stereocenters. The summed E-state index contributed by atoms with van der Waals surface area (Å²) in [6.45, 7) is 9.14. The second-order valence-electron chi connectivity index (χ2n) is 6.55. The zero-order valence-electron chi connectivity index (χ0n) is 15.2. The fraction of sp³-hybridized carbons (Fsp3) is 0.421. The summed E-state index contributed by atoms with van der Waals surface area (Å²) in [6.07, 6.45) is 2.12. The van der Waals surface area contributed by atoms with E-state index < -0.39 is 0 Å². The number of anilines is 1. The van der Waals surface area contributed by atoms with E-state index in [1.165, 1.54) is 11.3 Å². The number of unbranched alkanes of at least 4 members (excludes halogenated alkanes) is 1. The molecule has 0 aliphatic rings. The van der Waals surface area contributed by atoms with E-state index in [-0.39, 0.29) is 5.91 Å². The number of carbonyl (C=O) groups is 1. The van der Waals surface area contributed by atoms with Crippen LogP contribution >= 0.6 is 11.3 Å². The second-order valence-corrected chi connectivity index (χ2v) is 7.56. The van der Waals surface area contributed by atoms with Crippen molar-refractivity contribution in [3.05, 3.63) is 40.5 Å². The molecule has 2 heterocycles. The van der Waals surface area contributed by atoms with Gasteiger partial charge in [0.25, 0.3) is 5.91 Å². The lowest BCUT2D eigenvalue weighted by Crippen LogP contribution is -2.18. The summed E-state index contributed by atoms with van der Waals surface area (Å²) in [5, 5.41) is 13.8. The minimum absolute atomic E-state index is 0.115. The third-order valence-corrected chi connectivity index (χ3v) is 5.47. The van der Waals surface area contributed by atoms with Crippen LogP contribution < -0.4 is 5.32 Å². The second kappa shape index (κ2) is 7.35. The quantitative estimate of drug-likeness (QED) is 0.678. The minimum atomic E-state index is -0.115. The van der Waals surface area contributed by atoms with Gasteiger partial charge in [-0.05, 0) is 25.0 Å². The van der Waals surface area contributed by atoms with Crippen LogP contribution in [0.3, 0.4) is 0 Å². The highest BCUT2D eigenvalue weighted by Crippen LogP contribution is 2.28. The molecule has 6 heteroatoms. The number of amides is 1. The Morgan fingerprint density at radius 1 is 1.28 bits per heavy atom. The summed E-state index contributed by atoms with van der Waals surface area (Å²) in [5.74, 6) is 0.192. The molecule has 0 bridgehead atoms. The van der Waals surface area contributed by atoms with Gasteiger partial charge in [0.05, 0.1) is 0 Å². The van der Waals surface area contributed by atoms with Gasteiger partial charge in [0.2, 0.25) is 5.13 Å². The Bertz CT molecular complexity index is 894. The SMILES string of the molecule is CCCCn1c(C(=O)Nc2nnc(C(C)C)s2)c(C)c2ccccc21. The van der Waals surface area contributed by atoms with Gasteiger partial charge < -0.3 is 4.57 Å². The van der Waals surface area contributed by atoms with Gasteiger partial charge in [-0.15, -0.1) is 10.2 Å². The monoisotopic (exact) mass is 356 g/mol. The third-order valence-electron chi connectivity index (χ3n) is 4.33. The number of hydrogen-bond acceptors (Lipinski definition) is 4. The zero-order chi connectivity index (χ0) is 18.0. The Labute approximate surface area is 152 Å². The molecular formula is C19H24N4OS. The van der Waals surface area contributed by atoms with Crippen LogP contribution in [0.15, 0.2) is 24.3 Å². The summed E-state index contributed by atoms with van der Waals surface area (Å²) >= 11 is 1.44. The van der Waals surface area contributed by atoms with Crippen molar-refractivity contribution in [1.29, 1.82) is 0 Å². The first-order chi connectivity index (χ1) is 12.0. The van der Waals surface area contributed by atoms with Gasteiger partial charge in [-0.25, -0.2) is 0 Å². The van der Waals surface area contributed by atoms with Gasteiger partial charge in [0, 0.05) is 23.4 Å². The van der Waals surface area contributed by atoms with E-state index in [1.807, 2.05) is 19.1 Å². The lowest BCUT2D eigenvalue weighted by Gasteiger charge is -2.10. The average molecular weight is 356 g/mol. The Kier molecular flexibility index (Phi) is 5.18. The first kappa shape index (κ1) is 17.6. The Morgan fingerprint density at radius 3 is 2.72 bits per heavy atom. The number of aryl methyl sites for hydroxylation is 2. The van der Waals surface area contributed by atoms with Crippen LogP contribution in [0.4, 0.5) is 5.13 Å². The summed E-state index contributed by atoms with van der Waals surface area (Å²) in [6, 6.07) is 8.19. The lowest BCUT2D eigenvalue weighted by atomic mass is 10.1. The topological polar surface area (TPSA) is 59.8 Å². The smallest absolute Gasteiger partial charge is 0.274 e. The van der Waals surface area contributed by atoms with Crippen LogP contribution in [0.1, 0.15) is 60.6 Å². The Balaban J connectivity index is 1.97. The number of aromatic nitrogens is 3. The van der Waals surface area contributed by atoms with Crippen LogP contribution in [-0.2, 0) is 6.54 Å². The molecule has 0 unspecified atom stereocenters. The number of hydrogen-bond donors (Lipinski definition) is 1. The van der Waals surface area contributed by atoms with Crippen LogP contribution in [0.2, 0.25) is 0 Å². The van der Waals surface area contributed by atoms with Crippen molar-refractivity contribution in [2.45, 2.75) is 53.0 Å². The third kappa shape index (κ3) is 3.44. The molecule has 3 rings (SSSR count). The van der Waals surface area contributed by atoms with Crippen molar-refractivity contribution in [3.8, 4) is 0 Å². The van der Waals surface area contributed by atoms with Crippen molar-refractivity contribution in [1.82, 2.24) is 14.8 Å². The number of fused-ring (bicyclic) bond motifs is 1. The maximum atomic E-state index is 13.0. The maximum Gasteiger partial charge on any atom is 0.274 e. The summed E-state index contributed by atoms with van der Waals surface area (Å²) in [5.41, 5.74) is 2.84. The molecule has 25 heavy (non-hydrogen) atoms. The number of rotatable bonds is 6. The molecule has 0 aliphatic carbocycles. The van der Waals surface area contributed by atoms with Crippen LogP contribution in [0.25, 0.3) is 10.9 Å². The Hall–Kier alpha value is -2.21. The number of nitrogens with one attached hydrogen (secondary N) is 1. The Morgan fingerprint density at radius 2 is 2.04 bits per heavy atom. The summed E-state index contributed by atoms with van der Waals surface area (Å²) < 4.78 is 2.13. The van der Waals surface area contributed by atoms with Gasteiger partial charge in [-0.1, -0.05) is 56.7 Å². The number of carbonyl (C=O) groups excluding carboxylic acids is 1. The molecule has 0 radical (unpaired) electrons. The summed E-state index contributed by atoms with van der Waals surface area (Å²) in [4.78, 5) is 13.0. The molecule has 132 valence electrons. The van der Waals surface area contributed by atoms with Crippen LogP contribution in [0.5, 0.6) is 0 Å². The highest BCUT2D eigenvalue weighted by atomic mass is 32.1. The van der Waals surface area contributed by atoms with Crippen molar-refractivity contribution >= 4 is 33.3 Å². The molecule has 1 aromatic carbocycles. The first-order valence-electron chi connectivity index (χ1n) is 8.75. The van der Waals surface area contributed by atoms with E-state index >= 15 is 0 Å². The molecule has 1 N–H and O–H groups in total. The number of para-hydroxylation sites is 1. The molecule has 0 saturated carbocycles. The predicted octanol–water partition coefficient (Wildman–Crippen LogP) is 4.98. The molecular weight excluding hydrogens is 332 g/mol. The minimum Gasteiger partial charge on any atom is -0.336 e. The largest absolute Gasteiger partial charge is 0.336 e. The van der Waals surface area contributed by atoms with Crippen LogP contribution in [0, 0.1) is 6.92 Å². The van der Waals surface area contributed by atoms with Gasteiger partial charge >= 0.3 is 0 Å². The van der Waals surface area contributed by atoms with E-state index in [9.17, 15) is 4.79 Å². The van der Waals surface area contributed by atoms with Crippen molar-refractivity contribution in [2.75, 3.05) is 5.32 Å². The van der Waals surface area contributed by atoms with Crippen molar-refractivity contribution in [2.24, 2.45) is 0 Å². The number of benzene rings is 1. The van der Waals surface area contributed by atoms with E-state index in [0.717, 1.165) is 46.6 Å². The highest BCUT2D eigenvalue weighted by Gasteiger charge is 2.21. The predicted molar refractivity (Wildman–Crippen MR) is 104 cm³/mol. The van der Waals surface area contributed by atoms with E-state index in [2.05, 4.69) is 53.0 Å². The normalized spacial score (nSPS) is 11.4. The molecule has 0 saturated heterocycles. The molecule has 0 fully saturated rings. The molecule has 3 aromatic rings. The lowest BCUT2D eigenvalue weighted by molar-refractivity contribution is 0.101. The average Bonchev–Trinajstić information content (AvgIpc) is 3.16.